The molecule has 0 aromatic heterocycles. The van der Waals surface area contributed by atoms with Gasteiger partial charge in [0, 0.05) is 13.2 Å². The summed E-state index contributed by atoms with van der Waals surface area (Å²) >= 11 is 0. The zero-order chi connectivity index (χ0) is 13.7. The van der Waals surface area contributed by atoms with E-state index >= 15 is 0 Å². The van der Waals surface area contributed by atoms with Crippen molar-refractivity contribution in [2.45, 2.75) is 51.5 Å². The van der Waals surface area contributed by atoms with Gasteiger partial charge in [-0.05, 0) is 51.6 Å². The summed E-state index contributed by atoms with van der Waals surface area (Å²) in [5, 5.41) is 6.60. The summed E-state index contributed by atoms with van der Waals surface area (Å²) < 4.78 is 5.32. The van der Waals surface area contributed by atoms with Crippen LogP contribution in [0.25, 0.3) is 0 Å². The second-order valence-electron chi connectivity index (χ2n) is 6.27. The van der Waals surface area contributed by atoms with Crippen LogP contribution in [-0.2, 0) is 9.53 Å². The van der Waals surface area contributed by atoms with Crippen molar-refractivity contribution >= 4 is 18.3 Å². The standard InChI is InChI=1S/C15H28N2O2.ClH/c1-12(13-5-3-4-6-13)17-14(18)15(11-19-2)7-9-16-10-8-15;/h12-13,16H,3-11H2,1-2H3,(H,17,18);1H. The van der Waals surface area contributed by atoms with E-state index in [-0.39, 0.29) is 23.7 Å². The quantitative estimate of drug-likeness (QED) is 0.818. The minimum atomic E-state index is -0.313. The summed E-state index contributed by atoms with van der Waals surface area (Å²) in [4.78, 5) is 12.7. The molecule has 1 saturated carbocycles. The van der Waals surface area contributed by atoms with Crippen LogP contribution in [0.15, 0.2) is 0 Å². The lowest BCUT2D eigenvalue weighted by molar-refractivity contribution is -0.137. The van der Waals surface area contributed by atoms with E-state index < -0.39 is 0 Å². The number of halogens is 1. The van der Waals surface area contributed by atoms with Gasteiger partial charge in [-0.25, -0.2) is 0 Å². The molecule has 2 fully saturated rings. The van der Waals surface area contributed by atoms with Crippen molar-refractivity contribution in [3.05, 3.63) is 0 Å². The Bertz CT molecular complexity index is 295. The van der Waals surface area contributed by atoms with Crippen LogP contribution in [-0.4, -0.2) is 38.8 Å². The number of hydrogen-bond donors (Lipinski definition) is 2. The van der Waals surface area contributed by atoms with Gasteiger partial charge in [0.25, 0.3) is 0 Å². The van der Waals surface area contributed by atoms with Crippen molar-refractivity contribution in [3.63, 3.8) is 0 Å². The molecule has 20 heavy (non-hydrogen) atoms. The van der Waals surface area contributed by atoms with Gasteiger partial charge in [-0.15, -0.1) is 12.4 Å². The Hall–Kier alpha value is -0.320. The fourth-order valence-corrected chi connectivity index (χ4v) is 3.55. The SMILES string of the molecule is COCC1(C(=O)NC(C)C2CCCC2)CCNCC1.Cl. The highest BCUT2D eigenvalue weighted by atomic mass is 35.5. The molecule has 118 valence electrons. The zero-order valence-electron chi connectivity index (χ0n) is 12.7. The maximum atomic E-state index is 12.7. The van der Waals surface area contributed by atoms with Crippen LogP contribution in [0.4, 0.5) is 0 Å². The largest absolute Gasteiger partial charge is 0.384 e. The van der Waals surface area contributed by atoms with Crippen LogP contribution in [0, 0.1) is 11.3 Å². The molecule has 0 spiro atoms. The van der Waals surface area contributed by atoms with Crippen LogP contribution >= 0.6 is 12.4 Å². The lowest BCUT2D eigenvalue weighted by atomic mass is 9.78. The van der Waals surface area contributed by atoms with E-state index in [0.717, 1.165) is 25.9 Å². The average molecular weight is 305 g/mol. The van der Waals surface area contributed by atoms with Crippen molar-refractivity contribution in [3.8, 4) is 0 Å². The highest BCUT2D eigenvalue weighted by Crippen LogP contribution is 2.32. The number of hydrogen-bond acceptors (Lipinski definition) is 3. The Morgan fingerprint density at radius 2 is 1.95 bits per heavy atom. The van der Waals surface area contributed by atoms with Gasteiger partial charge in [0.2, 0.25) is 5.91 Å². The Kier molecular flexibility index (Phi) is 7.27. The Balaban J connectivity index is 0.00000200. The summed E-state index contributed by atoms with van der Waals surface area (Å²) in [5.41, 5.74) is -0.313. The first-order valence-electron chi connectivity index (χ1n) is 7.68. The van der Waals surface area contributed by atoms with Crippen LogP contribution in [0.1, 0.15) is 45.4 Å². The second-order valence-corrected chi connectivity index (χ2v) is 6.27. The summed E-state index contributed by atoms with van der Waals surface area (Å²) in [7, 11) is 1.69. The molecule has 0 aromatic carbocycles. The van der Waals surface area contributed by atoms with Gasteiger partial charge in [-0.3, -0.25) is 4.79 Å². The lowest BCUT2D eigenvalue weighted by Crippen LogP contribution is -2.53. The van der Waals surface area contributed by atoms with Crippen molar-refractivity contribution in [1.29, 1.82) is 0 Å². The lowest BCUT2D eigenvalue weighted by Gasteiger charge is -2.37. The normalized spacial score (nSPS) is 23.9. The molecule has 5 heteroatoms. The van der Waals surface area contributed by atoms with E-state index in [1.807, 2.05) is 0 Å². The zero-order valence-corrected chi connectivity index (χ0v) is 13.6. The third-order valence-electron chi connectivity index (χ3n) is 4.93. The number of piperidine rings is 1. The first-order chi connectivity index (χ1) is 9.18. The molecule has 1 atom stereocenters. The summed E-state index contributed by atoms with van der Waals surface area (Å²) in [5.74, 6) is 0.875. The third-order valence-corrected chi connectivity index (χ3v) is 4.93. The molecule has 1 amide bonds. The van der Waals surface area contributed by atoms with E-state index in [2.05, 4.69) is 17.6 Å². The molecule has 1 aliphatic carbocycles. The van der Waals surface area contributed by atoms with Crippen molar-refractivity contribution in [2.24, 2.45) is 11.3 Å². The van der Waals surface area contributed by atoms with Gasteiger partial charge in [0.15, 0.2) is 0 Å². The van der Waals surface area contributed by atoms with Gasteiger partial charge in [0.05, 0.1) is 12.0 Å². The molecule has 1 heterocycles. The van der Waals surface area contributed by atoms with Crippen LogP contribution in [0.5, 0.6) is 0 Å². The number of carbonyl (C=O) groups is 1. The number of rotatable bonds is 5. The fraction of sp³-hybridized carbons (Fsp3) is 0.933. The molecule has 0 radical (unpaired) electrons. The molecule has 2 N–H and O–H groups in total. The number of amides is 1. The smallest absolute Gasteiger partial charge is 0.228 e. The molecule has 2 rings (SSSR count). The van der Waals surface area contributed by atoms with Crippen molar-refractivity contribution in [2.75, 3.05) is 26.8 Å². The van der Waals surface area contributed by atoms with Crippen molar-refractivity contribution in [1.82, 2.24) is 10.6 Å². The number of methoxy groups -OCH3 is 1. The molecular formula is C15H29ClN2O2. The highest BCUT2D eigenvalue weighted by Gasteiger charge is 2.40. The first kappa shape index (κ1) is 17.7. The third kappa shape index (κ3) is 4.09. The monoisotopic (exact) mass is 304 g/mol. The topological polar surface area (TPSA) is 50.4 Å². The van der Waals surface area contributed by atoms with E-state index in [0.29, 0.717) is 18.6 Å². The predicted octanol–water partition coefficient (Wildman–Crippen LogP) is 2.12. The summed E-state index contributed by atoms with van der Waals surface area (Å²) in [6.45, 7) is 4.52. The molecule has 1 aliphatic heterocycles. The summed E-state index contributed by atoms with van der Waals surface area (Å²) in [6, 6.07) is 0.304. The highest BCUT2D eigenvalue weighted by molar-refractivity contribution is 5.85. The molecule has 4 nitrogen and oxygen atoms in total. The Morgan fingerprint density at radius 3 is 2.50 bits per heavy atom. The van der Waals surface area contributed by atoms with Crippen LogP contribution < -0.4 is 10.6 Å². The fourth-order valence-electron chi connectivity index (χ4n) is 3.55. The minimum absolute atomic E-state index is 0. The molecule has 1 unspecified atom stereocenters. The maximum absolute atomic E-state index is 12.7. The van der Waals surface area contributed by atoms with E-state index in [1.165, 1.54) is 25.7 Å². The van der Waals surface area contributed by atoms with E-state index in [9.17, 15) is 4.79 Å². The minimum Gasteiger partial charge on any atom is -0.384 e. The molecule has 0 aromatic rings. The van der Waals surface area contributed by atoms with Crippen LogP contribution in [0.2, 0.25) is 0 Å². The van der Waals surface area contributed by atoms with Gasteiger partial charge in [-0.2, -0.15) is 0 Å². The number of carbonyl (C=O) groups excluding carboxylic acids is 1. The van der Waals surface area contributed by atoms with E-state index in [1.54, 1.807) is 7.11 Å². The van der Waals surface area contributed by atoms with Crippen molar-refractivity contribution < 1.29 is 9.53 Å². The van der Waals surface area contributed by atoms with Crippen LogP contribution in [0.3, 0.4) is 0 Å². The van der Waals surface area contributed by atoms with Gasteiger partial charge in [-0.1, -0.05) is 12.8 Å². The van der Waals surface area contributed by atoms with Gasteiger partial charge < -0.3 is 15.4 Å². The molecule has 2 aliphatic rings. The Labute approximate surface area is 128 Å². The number of ether oxygens (including phenoxy) is 1. The first-order valence-corrected chi connectivity index (χ1v) is 7.68. The van der Waals surface area contributed by atoms with Gasteiger partial charge >= 0.3 is 0 Å². The molecule has 1 saturated heterocycles. The van der Waals surface area contributed by atoms with E-state index in [4.69, 9.17) is 4.74 Å². The molecular weight excluding hydrogens is 276 g/mol. The second kappa shape index (κ2) is 8.20. The maximum Gasteiger partial charge on any atom is 0.228 e. The van der Waals surface area contributed by atoms with Gasteiger partial charge in [0.1, 0.15) is 0 Å². The summed E-state index contributed by atoms with van der Waals surface area (Å²) in [6.07, 6.45) is 6.92. The Morgan fingerprint density at radius 1 is 1.35 bits per heavy atom. The molecule has 0 bridgehead atoms. The number of nitrogens with one attached hydrogen (secondary N) is 2. The predicted molar refractivity (Wildman–Crippen MR) is 83.2 cm³/mol. The average Bonchev–Trinajstić information content (AvgIpc) is 2.94.